The number of ether oxygens (including phenoxy) is 1. The van der Waals surface area contributed by atoms with Crippen LogP contribution in [0.2, 0.25) is 0 Å². The van der Waals surface area contributed by atoms with E-state index in [2.05, 4.69) is 26.4 Å². The number of rotatable bonds is 4. The highest BCUT2D eigenvalue weighted by Gasteiger charge is 2.19. The van der Waals surface area contributed by atoms with Crippen LogP contribution in [0.15, 0.2) is 33.3 Å². The highest BCUT2D eigenvalue weighted by atomic mass is 79.9. The van der Waals surface area contributed by atoms with Gasteiger partial charge in [0.2, 0.25) is 0 Å². The second kappa shape index (κ2) is 6.09. The van der Waals surface area contributed by atoms with Gasteiger partial charge in [0.1, 0.15) is 17.1 Å². The number of carbonyl (C=O) groups is 1. The van der Waals surface area contributed by atoms with Crippen molar-refractivity contribution in [3.63, 3.8) is 0 Å². The normalized spacial score (nSPS) is 12.0. The van der Waals surface area contributed by atoms with E-state index < -0.39 is 6.10 Å². The number of hydrogen-bond donors (Lipinski definition) is 1. The molecule has 0 fully saturated rings. The van der Waals surface area contributed by atoms with Crippen molar-refractivity contribution in [3.8, 4) is 5.75 Å². The van der Waals surface area contributed by atoms with E-state index in [1.54, 1.807) is 26.8 Å². The third kappa shape index (κ3) is 3.19. The number of amides is 1. The van der Waals surface area contributed by atoms with E-state index in [0.29, 0.717) is 22.9 Å². The van der Waals surface area contributed by atoms with Gasteiger partial charge in [-0.25, -0.2) is 0 Å². The lowest BCUT2D eigenvalue weighted by Gasteiger charge is -2.15. The van der Waals surface area contributed by atoms with Crippen molar-refractivity contribution in [3.05, 3.63) is 40.2 Å². The average Bonchev–Trinajstić information content (AvgIpc) is 2.73. The first kappa shape index (κ1) is 14.6. The van der Waals surface area contributed by atoms with Gasteiger partial charge in [-0.05, 0) is 48.8 Å². The Morgan fingerprint density at radius 2 is 2.10 bits per heavy atom. The molecule has 0 aliphatic carbocycles. The summed E-state index contributed by atoms with van der Waals surface area (Å²) in [4.78, 5) is 12.1. The van der Waals surface area contributed by atoms with E-state index >= 15 is 0 Å². The average molecular weight is 339 g/mol. The molecule has 6 heteroatoms. The lowest BCUT2D eigenvalue weighted by Crippen LogP contribution is -2.30. The Kier molecular flexibility index (Phi) is 4.44. The summed E-state index contributed by atoms with van der Waals surface area (Å²) in [6, 6.07) is 7.38. The van der Waals surface area contributed by atoms with Gasteiger partial charge in [0.05, 0.1) is 4.47 Å². The van der Waals surface area contributed by atoms with Crippen LogP contribution in [0, 0.1) is 13.8 Å². The second-order valence-electron chi connectivity index (χ2n) is 4.38. The predicted octanol–water partition coefficient (Wildman–Crippen LogP) is 3.46. The molecular formula is C14H15BrN2O3. The smallest absolute Gasteiger partial charge is 0.265 e. The molecule has 0 aliphatic rings. The Labute approximate surface area is 125 Å². The molecule has 1 aromatic carbocycles. The second-order valence-corrected chi connectivity index (χ2v) is 5.23. The van der Waals surface area contributed by atoms with Gasteiger partial charge in [-0.15, -0.1) is 0 Å². The molecule has 1 aromatic heterocycles. The maximum atomic E-state index is 12.1. The molecular weight excluding hydrogens is 324 g/mol. The van der Waals surface area contributed by atoms with Crippen LogP contribution in [0.4, 0.5) is 5.69 Å². The fourth-order valence-corrected chi connectivity index (χ4v) is 2.05. The summed E-state index contributed by atoms with van der Waals surface area (Å²) in [5.74, 6) is 0.938. The molecule has 0 unspecified atom stereocenters. The monoisotopic (exact) mass is 338 g/mol. The van der Waals surface area contributed by atoms with Crippen LogP contribution in [0.1, 0.15) is 18.4 Å². The molecule has 1 heterocycles. The van der Waals surface area contributed by atoms with E-state index in [1.807, 2.05) is 18.2 Å². The zero-order chi connectivity index (χ0) is 14.7. The maximum Gasteiger partial charge on any atom is 0.265 e. The van der Waals surface area contributed by atoms with Crippen LogP contribution in [0.3, 0.4) is 0 Å². The topological polar surface area (TPSA) is 64.4 Å². The summed E-state index contributed by atoms with van der Waals surface area (Å²) in [5, 5.41) is 6.55. The van der Waals surface area contributed by atoms with E-state index in [-0.39, 0.29) is 5.91 Å². The zero-order valence-electron chi connectivity index (χ0n) is 11.4. The third-order valence-corrected chi connectivity index (χ3v) is 3.45. The molecule has 0 spiro atoms. The molecule has 0 saturated carbocycles. The molecule has 1 amide bonds. The van der Waals surface area contributed by atoms with Crippen molar-refractivity contribution in [2.24, 2.45) is 0 Å². The van der Waals surface area contributed by atoms with Crippen LogP contribution in [-0.2, 0) is 4.79 Å². The lowest BCUT2D eigenvalue weighted by molar-refractivity contribution is -0.122. The zero-order valence-corrected chi connectivity index (χ0v) is 13.0. The Morgan fingerprint density at radius 3 is 2.70 bits per heavy atom. The summed E-state index contributed by atoms with van der Waals surface area (Å²) < 4.78 is 11.4. The highest BCUT2D eigenvalue weighted by Crippen LogP contribution is 2.25. The molecule has 106 valence electrons. The van der Waals surface area contributed by atoms with Gasteiger partial charge < -0.3 is 14.6 Å². The van der Waals surface area contributed by atoms with Gasteiger partial charge in [0, 0.05) is 0 Å². The fourth-order valence-electron chi connectivity index (χ4n) is 1.67. The number of aryl methyl sites for hydroxylation is 2. The van der Waals surface area contributed by atoms with Crippen molar-refractivity contribution in [2.45, 2.75) is 26.9 Å². The largest absolute Gasteiger partial charge is 0.480 e. The molecule has 2 aromatic rings. The Hall–Kier alpha value is -1.82. The molecule has 20 heavy (non-hydrogen) atoms. The Morgan fingerprint density at radius 1 is 1.40 bits per heavy atom. The third-order valence-electron chi connectivity index (χ3n) is 2.79. The first-order chi connectivity index (χ1) is 9.49. The Balaban J connectivity index is 2.05. The number of halogens is 1. The van der Waals surface area contributed by atoms with E-state index in [9.17, 15) is 4.79 Å². The van der Waals surface area contributed by atoms with Gasteiger partial charge in [-0.2, -0.15) is 0 Å². The van der Waals surface area contributed by atoms with Crippen molar-refractivity contribution < 1.29 is 14.1 Å². The number of carbonyl (C=O) groups excluding carboxylic acids is 1. The Bertz CT molecular complexity index is 605. The summed E-state index contributed by atoms with van der Waals surface area (Å²) in [7, 11) is 0. The number of benzene rings is 1. The van der Waals surface area contributed by atoms with Crippen molar-refractivity contribution in [2.75, 3.05) is 5.32 Å². The van der Waals surface area contributed by atoms with Gasteiger partial charge in [0.15, 0.2) is 11.9 Å². The SMILES string of the molecule is Cc1noc(C)c1NC(=O)[C@H](C)Oc1ccccc1Br. The highest BCUT2D eigenvalue weighted by molar-refractivity contribution is 9.10. The van der Waals surface area contributed by atoms with E-state index in [1.165, 1.54) is 0 Å². The molecule has 1 atom stereocenters. The molecule has 2 rings (SSSR count). The van der Waals surface area contributed by atoms with Crippen molar-refractivity contribution >= 4 is 27.5 Å². The van der Waals surface area contributed by atoms with Crippen LogP contribution >= 0.6 is 15.9 Å². The van der Waals surface area contributed by atoms with Gasteiger partial charge in [-0.3, -0.25) is 4.79 Å². The molecule has 5 nitrogen and oxygen atoms in total. The number of nitrogens with one attached hydrogen (secondary N) is 1. The number of aromatic nitrogens is 1. The first-order valence-corrected chi connectivity index (χ1v) is 6.93. The van der Waals surface area contributed by atoms with Gasteiger partial charge in [-0.1, -0.05) is 17.3 Å². The quantitative estimate of drug-likeness (QED) is 0.927. The maximum absolute atomic E-state index is 12.1. The van der Waals surface area contributed by atoms with Crippen molar-refractivity contribution in [1.29, 1.82) is 0 Å². The summed E-state index contributed by atoms with van der Waals surface area (Å²) in [5.41, 5.74) is 1.24. The molecule has 0 saturated heterocycles. The van der Waals surface area contributed by atoms with E-state index in [0.717, 1.165) is 4.47 Å². The molecule has 0 aliphatic heterocycles. The number of para-hydroxylation sites is 1. The number of anilines is 1. The minimum atomic E-state index is -0.637. The molecule has 0 radical (unpaired) electrons. The number of nitrogens with zero attached hydrogens (tertiary/aromatic N) is 1. The van der Waals surface area contributed by atoms with Crippen LogP contribution in [-0.4, -0.2) is 17.2 Å². The van der Waals surface area contributed by atoms with Crippen LogP contribution in [0.5, 0.6) is 5.75 Å². The minimum absolute atomic E-state index is 0.254. The summed E-state index contributed by atoms with van der Waals surface area (Å²) >= 11 is 3.38. The standard InChI is InChI=1S/C14H15BrN2O3/c1-8-13(9(2)20-17-8)16-14(18)10(3)19-12-7-5-4-6-11(12)15/h4-7,10H,1-3H3,(H,16,18)/t10-/m0/s1. The fraction of sp³-hybridized carbons (Fsp3) is 0.286. The van der Waals surface area contributed by atoms with Gasteiger partial charge in [0.25, 0.3) is 5.91 Å². The summed E-state index contributed by atoms with van der Waals surface area (Å²) in [6.07, 6.45) is -0.637. The van der Waals surface area contributed by atoms with E-state index in [4.69, 9.17) is 9.26 Å². The number of hydrogen-bond acceptors (Lipinski definition) is 4. The molecule has 1 N–H and O–H groups in total. The van der Waals surface area contributed by atoms with Crippen LogP contribution in [0.25, 0.3) is 0 Å². The summed E-state index contributed by atoms with van der Waals surface area (Å²) in [6.45, 7) is 5.20. The van der Waals surface area contributed by atoms with Crippen LogP contribution < -0.4 is 10.1 Å². The predicted molar refractivity (Wildman–Crippen MR) is 78.8 cm³/mol. The first-order valence-electron chi connectivity index (χ1n) is 6.14. The lowest BCUT2D eigenvalue weighted by atomic mass is 10.3. The minimum Gasteiger partial charge on any atom is -0.480 e. The molecule has 0 bridgehead atoms. The van der Waals surface area contributed by atoms with Crippen molar-refractivity contribution in [1.82, 2.24) is 5.16 Å². The van der Waals surface area contributed by atoms with Gasteiger partial charge >= 0.3 is 0 Å².